The molecule has 24 heavy (non-hydrogen) atoms. The van der Waals surface area contributed by atoms with E-state index in [1.54, 1.807) is 37.2 Å². The van der Waals surface area contributed by atoms with Gasteiger partial charge in [0.1, 0.15) is 17.3 Å². The Morgan fingerprint density at radius 2 is 2.08 bits per heavy atom. The molecule has 0 bridgehead atoms. The van der Waals surface area contributed by atoms with Crippen LogP contribution >= 0.6 is 0 Å². The Kier molecular flexibility index (Phi) is 5.27. The van der Waals surface area contributed by atoms with Gasteiger partial charge in [-0.1, -0.05) is 6.07 Å². The Morgan fingerprint density at radius 3 is 2.67 bits per heavy atom. The molecule has 0 fully saturated rings. The van der Waals surface area contributed by atoms with Crippen LogP contribution in [-0.4, -0.2) is 29.8 Å². The third-order valence-corrected chi connectivity index (χ3v) is 3.10. The predicted octanol–water partition coefficient (Wildman–Crippen LogP) is 3.07. The molecule has 2 rings (SSSR count). The van der Waals surface area contributed by atoms with Crippen molar-refractivity contribution in [3.63, 3.8) is 0 Å². The van der Waals surface area contributed by atoms with Crippen LogP contribution in [-0.2, 0) is 0 Å². The van der Waals surface area contributed by atoms with E-state index in [4.69, 9.17) is 10.00 Å². The van der Waals surface area contributed by atoms with Gasteiger partial charge >= 0.3 is 0 Å². The lowest BCUT2D eigenvalue weighted by Crippen LogP contribution is -2.16. The van der Waals surface area contributed by atoms with E-state index in [1.807, 2.05) is 13.0 Å². The van der Waals surface area contributed by atoms with E-state index < -0.39 is 11.6 Å². The van der Waals surface area contributed by atoms with E-state index in [0.717, 1.165) is 17.8 Å². The number of halogens is 1. The number of hydrogen-bond acceptors (Lipinski definition) is 5. The van der Waals surface area contributed by atoms with E-state index in [0.29, 0.717) is 11.3 Å². The summed E-state index contributed by atoms with van der Waals surface area (Å²) in [5.74, 6) is -0.580. The van der Waals surface area contributed by atoms with E-state index in [1.165, 1.54) is 12.3 Å². The van der Waals surface area contributed by atoms with Crippen molar-refractivity contribution in [2.24, 2.45) is 0 Å². The topological polar surface area (TPSA) is 66.2 Å². The zero-order valence-corrected chi connectivity index (χ0v) is 13.6. The van der Waals surface area contributed by atoms with Gasteiger partial charge in [0, 0.05) is 20.3 Å². The minimum Gasteiger partial charge on any atom is -0.451 e. The molecule has 1 aromatic carbocycles. The number of rotatable bonds is 5. The van der Waals surface area contributed by atoms with Gasteiger partial charge in [0.25, 0.3) is 0 Å². The molecule has 2 aromatic rings. The van der Waals surface area contributed by atoms with E-state index in [-0.39, 0.29) is 11.5 Å². The maximum Gasteiger partial charge on any atom is 0.247 e. The first-order valence-electron chi connectivity index (χ1n) is 7.14. The van der Waals surface area contributed by atoms with Crippen molar-refractivity contribution in [3.05, 3.63) is 71.1 Å². The van der Waals surface area contributed by atoms with Gasteiger partial charge in [0.2, 0.25) is 5.78 Å². The largest absolute Gasteiger partial charge is 0.451 e. The number of ketones is 1. The number of nitriles is 1. The second-order valence-corrected chi connectivity index (χ2v) is 5.34. The summed E-state index contributed by atoms with van der Waals surface area (Å²) in [5.41, 5.74) is 1.27. The molecule has 0 aliphatic carbocycles. The molecule has 0 N–H and O–H groups in total. The van der Waals surface area contributed by atoms with Gasteiger partial charge in [-0.3, -0.25) is 4.79 Å². The Morgan fingerprint density at radius 1 is 1.33 bits per heavy atom. The first-order chi connectivity index (χ1) is 11.4. The van der Waals surface area contributed by atoms with Gasteiger partial charge in [-0.25, -0.2) is 9.37 Å². The van der Waals surface area contributed by atoms with Crippen molar-refractivity contribution in [2.75, 3.05) is 14.1 Å². The maximum absolute atomic E-state index is 13.0. The number of Topliss-reactive ketones (excluding diaryl/α,β-unsaturated/α-hetero) is 1. The quantitative estimate of drug-likeness (QED) is 0.480. The van der Waals surface area contributed by atoms with Crippen molar-refractivity contribution < 1.29 is 13.9 Å². The van der Waals surface area contributed by atoms with Crippen molar-refractivity contribution in [1.29, 1.82) is 5.26 Å². The van der Waals surface area contributed by atoms with Crippen LogP contribution in [0.2, 0.25) is 0 Å². The molecule has 0 aliphatic heterocycles. The minimum absolute atomic E-state index is 0.0253. The van der Waals surface area contributed by atoms with Crippen LogP contribution in [0.15, 0.2) is 48.5 Å². The van der Waals surface area contributed by atoms with Crippen molar-refractivity contribution >= 4 is 5.78 Å². The fraction of sp³-hybridized carbons (Fsp3) is 0.167. The van der Waals surface area contributed by atoms with Crippen LogP contribution < -0.4 is 4.74 Å². The highest BCUT2D eigenvalue weighted by molar-refractivity contribution is 6.06. The molecule has 0 aliphatic rings. The van der Waals surface area contributed by atoms with Crippen LogP contribution in [0.25, 0.3) is 0 Å². The van der Waals surface area contributed by atoms with Crippen molar-refractivity contribution in [3.8, 4) is 11.8 Å². The molecule has 5 nitrogen and oxygen atoms in total. The third kappa shape index (κ3) is 4.17. The number of carbonyl (C=O) groups excluding carboxylic acids is 1. The smallest absolute Gasteiger partial charge is 0.247 e. The second kappa shape index (κ2) is 7.38. The zero-order valence-electron chi connectivity index (χ0n) is 13.6. The summed E-state index contributed by atoms with van der Waals surface area (Å²) in [7, 11) is 3.49. The maximum atomic E-state index is 13.0. The van der Waals surface area contributed by atoms with Gasteiger partial charge in [-0.15, -0.1) is 0 Å². The summed E-state index contributed by atoms with van der Waals surface area (Å²) in [4.78, 5) is 18.0. The molecule has 0 saturated carbocycles. The summed E-state index contributed by atoms with van der Waals surface area (Å²) in [5, 5.41) is 9.00. The lowest BCUT2D eigenvalue weighted by Gasteiger charge is -2.14. The average molecular weight is 325 g/mol. The Labute approximate surface area is 139 Å². The summed E-state index contributed by atoms with van der Waals surface area (Å²) in [6, 6.07) is 9.45. The molecule has 0 atom stereocenters. The number of allylic oxidation sites excluding steroid dienone is 1. The summed E-state index contributed by atoms with van der Waals surface area (Å²) in [6.07, 6.45) is 2.48. The minimum atomic E-state index is -0.525. The molecule has 0 unspecified atom stereocenters. The molecule has 122 valence electrons. The van der Waals surface area contributed by atoms with Crippen LogP contribution in [0.3, 0.4) is 0 Å². The highest BCUT2D eigenvalue weighted by Gasteiger charge is 2.18. The number of aromatic nitrogens is 1. The van der Waals surface area contributed by atoms with Crippen LogP contribution in [0.5, 0.6) is 5.75 Å². The third-order valence-electron chi connectivity index (χ3n) is 3.10. The molecule has 1 heterocycles. The van der Waals surface area contributed by atoms with Gasteiger partial charge in [-0.2, -0.15) is 5.26 Å². The number of ether oxygens (including phenoxy) is 1. The number of aryl methyl sites for hydroxylation is 1. The Hall–Kier alpha value is -3.20. The highest BCUT2D eigenvalue weighted by Crippen LogP contribution is 2.23. The summed E-state index contributed by atoms with van der Waals surface area (Å²) in [6.45, 7) is 1.81. The normalized spacial score (nSPS) is 10.9. The lowest BCUT2D eigenvalue weighted by molar-refractivity contribution is 0.0977. The van der Waals surface area contributed by atoms with Gasteiger partial charge in [0.05, 0.1) is 17.8 Å². The van der Waals surface area contributed by atoms with E-state index >= 15 is 0 Å². The predicted molar refractivity (Wildman–Crippen MR) is 86.8 cm³/mol. The summed E-state index contributed by atoms with van der Waals surface area (Å²) < 4.78 is 18.7. The van der Waals surface area contributed by atoms with Crippen molar-refractivity contribution in [2.45, 2.75) is 6.92 Å². The fourth-order valence-electron chi connectivity index (χ4n) is 1.90. The van der Waals surface area contributed by atoms with Crippen LogP contribution in [0.1, 0.15) is 21.6 Å². The fourth-order valence-corrected chi connectivity index (χ4v) is 1.90. The standard InChI is InChI=1S/C18H16FN3O2/c1-12-4-5-13(9-20)8-16(12)24-17(11-22(2)3)18(23)15-7-6-14(19)10-21-15/h4-8,10-11H,1-3H3/b17-11+. The molecule has 6 heteroatoms. The van der Waals surface area contributed by atoms with Crippen molar-refractivity contribution in [1.82, 2.24) is 9.88 Å². The summed E-state index contributed by atoms with van der Waals surface area (Å²) >= 11 is 0. The Bertz CT molecular complexity index is 821. The SMILES string of the molecule is Cc1ccc(C#N)cc1O/C(=C/N(C)C)C(=O)c1ccc(F)cn1. The van der Waals surface area contributed by atoms with E-state index in [2.05, 4.69) is 4.98 Å². The number of nitrogens with zero attached hydrogens (tertiary/aromatic N) is 3. The number of hydrogen-bond donors (Lipinski definition) is 0. The van der Waals surface area contributed by atoms with Gasteiger partial charge < -0.3 is 9.64 Å². The molecular weight excluding hydrogens is 309 g/mol. The molecule has 0 spiro atoms. The molecule has 1 aromatic heterocycles. The van der Waals surface area contributed by atoms with Crippen LogP contribution in [0.4, 0.5) is 4.39 Å². The Balaban J connectivity index is 2.38. The number of carbonyl (C=O) groups is 1. The molecule has 0 saturated heterocycles. The zero-order chi connectivity index (χ0) is 17.7. The first-order valence-corrected chi connectivity index (χ1v) is 7.14. The molecular formula is C18H16FN3O2. The molecule has 0 radical (unpaired) electrons. The van der Waals surface area contributed by atoms with Gasteiger partial charge in [-0.05, 0) is 36.8 Å². The second-order valence-electron chi connectivity index (χ2n) is 5.34. The first kappa shape index (κ1) is 17.2. The number of benzene rings is 1. The van der Waals surface area contributed by atoms with Gasteiger partial charge in [0.15, 0.2) is 5.76 Å². The van der Waals surface area contributed by atoms with Crippen LogP contribution in [0, 0.1) is 24.1 Å². The lowest BCUT2D eigenvalue weighted by atomic mass is 10.1. The van der Waals surface area contributed by atoms with E-state index in [9.17, 15) is 9.18 Å². The highest BCUT2D eigenvalue weighted by atomic mass is 19.1. The average Bonchev–Trinajstić information content (AvgIpc) is 2.55. The monoisotopic (exact) mass is 325 g/mol. The molecule has 0 amide bonds. The number of pyridine rings is 1.